The van der Waals surface area contributed by atoms with Gasteiger partial charge in [-0.3, -0.25) is 0 Å². The van der Waals surface area contributed by atoms with Crippen molar-refractivity contribution in [2.45, 2.75) is 13.8 Å². The first-order chi connectivity index (χ1) is 5.17. The molecule has 0 aromatic rings. The zero-order valence-corrected chi connectivity index (χ0v) is 7.09. The molecule has 0 aliphatic rings. The van der Waals surface area contributed by atoms with Crippen molar-refractivity contribution in [3.63, 3.8) is 0 Å². The van der Waals surface area contributed by atoms with Crippen molar-refractivity contribution in [1.29, 1.82) is 5.26 Å². The molecular formula is C10H13N. The molecule has 0 heterocycles. The van der Waals surface area contributed by atoms with E-state index in [1.807, 2.05) is 13.8 Å². The summed E-state index contributed by atoms with van der Waals surface area (Å²) >= 11 is 0. The van der Waals surface area contributed by atoms with Crippen LogP contribution in [0.15, 0.2) is 36.5 Å². The van der Waals surface area contributed by atoms with Crippen molar-refractivity contribution in [2.75, 3.05) is 0 Å². The summed E-state index contributed by atoms with van der Waals surface area (Å²) in [5.74, 6) is 0.333. The van der Waals surface area contributed by atoms with Crippen LogP contribution in [0.25, 0.3) is 0 Å². The fraction of sp³-hybridized carbons (Fsp3) is 0.300. The fourth-order valence-corrected chi connectivity index (χ4v) is 0.885. The van der Waals surface area contributed by atoms with Gasteiger partial charge in [0.2, 0.25) is 0 Å². The Kier molecular flexibility index (Phi) is 3.98. The summed E-state index contributed by atoms with van der Waals surface area (Å²) in [6, 6.07) is 2.07. The smallest absolute Gasteiger partial charge is 0.0994 e. The second kappa shape index (κ2) is 4.51. The fourth-order valence-electron chi connectivity index (χ4n) is 0.885. The van der Waals surface area contributed by atoms with Crippen LogP contribution >= 0.6 is 0 Å². The Morgan fingerprint density at radius 1 is 1.36 bits per heavy atom. The van der Waals surface area contributed by atoms with Crippen molar-refractivity contribution >= 4 is 0 Å². The zero-order chi connectivity index (χ0) is 8.85. The van der Waals surface area contributed by atoms with Crippen molar-refractivity contribution in [3.05, 3.63) is 36.5 Å². The first kappa shape index (κ1) is 9.71. The molecule has 0 aliphatic carbocycles. The standard InChI is InChI=1S/C10H13N/c1-5-9(7-11)10(6-2)8(3)4/h5-6,8H,1-2H2,3-4H3/b10-9-. The maximum absolute atomic E-state index is 8.65. The third kappa shape index (κ3) is 2.43. The Labute approximate surface area is 68.3 Å². The predicted octanol–water partition coefficient (Wildman–Crippen LogP) is 2.83. The summed E-state index contributed by atoms with van der Waals surface area (Å²) in [6.07, 6.45) is 3.28. The summed E-state index contributed by atoms with van der Waals surface area (Å²) in [5.41, 5.74) is 1.58. The normalized spacial score (nSPS) is 11.8. The lowest BCUT2D eigenvalue weighted by atomic mass is 9.98. The first-order valence-corrected chi connectivity index (χ1v) is 3.56. The summed E-state index contributed by atoms with van der Waals surface area (Å²) in [6.45, 7) is 11.2. The summed E-state index contributed by atoms with van der Waals surface area (Å²) < 4.78 is 0. The van der Waals surface area contributed by atoms with Crippen molar-refractivity contribution < 1.29 is 0 Å². The molecular weight excluding hydrogens is 134 g/mol. The van der Waals surface area contributed by atoms with Crippen LogP contribution in [0.2, 0.25) is 0 Å². The van der Waals surface area contributed by atoms with E-state index < -0.39 is 0 Å². The number of nitrogens with zero attached hydrogens (tertiary/aromatic N) is 1. The lowest BCUT2D eigenvalue weighted by molar-refractivity contribution is 0.788. The van der Waals surface area contributed by atoms with E-state index in [0.717, 1.165) is 5.57 Å². The molecule has 0 aromatic carbocycles. The van der Waals surface area contributed by atoms with E-state index in [9.17, 15) is 0 Å². The number of hydrogen-bond donors (Lipinski definition) is 0. The maximum Gasteiger partial charge on any atom is 0.0994 e. The van der Waals surface area contributed by atoms with Crippen LogP contribution in [0.5, 0.6) is 0 Å². The second-order valence-electron chi connectivity index (χ2n) is 2.54. The zero-order valence-electron chi connectivity index (χ0n) is 7.09. The SMILES string of the molecule is C=C/C(C#N)=C(\C=C)C(C)C. The minimum absolute atomic E-state index is 0.333. The van der Waals surface area contributed by atoms with E-state index in [-0.39, 0.29) is 0 Å². The van der Waals surface area contributed by atoms with Crippen LogP contribution < -0.4 is 0 Å². The van der Waals surface area contributed by atoms with E-state index in [1.54, 1.807) is 12.2 Å². The number of nitriles is 1. The lowest BCUT2D eigenvalue weighted by Gasteiger charge is -2.05. The molecule has 0 saturated carbocycles. The highest BCUT2D eigenvalue weighted by Gasteiger charge is 2.03. The van der Waals surface area contributed by atoms with Gasteiger partial charge in [0.15, 0.2) is 0 Å². The Morgan fingerprint density at radius 3 is 2.00 bits per heavy atom. The Hall–Kier alpha value is -1.29. The monoisotopic (exact) mass is 147 g/mol. The van der Waals surface area contributed by atoms with E-state index in [0.29, 0.717) is 11.5 Å². The highest BCUT2D eigenvalue weighted by atomic mass is 14.2. The van der Waals surface area contributed by atoms with E-state index in [1.165, 1.54) is 0 Å². The molecule has 0 rings (SSSR count). The molecule has 0 aromatic heterocycles. The van der Waals surface area contributed by atoms with Gasteiger partial charge in [0.05, 0.1) is 11.6 Å². The Bertz CT molecular complexity index is 226. The highest BCUT2D eigenvalue weighted by molar-refractivity contribution is 5.42. The van der Waals surface area contributed by atoms with Gasteiger partial charge in [-0.1, -0.05) is 39.2 Å². The van der Waals surface area contributed by atoms with Gasteiger partial charge in [0, 0.05) is 0 Å². The van der Waals surface area contributed by atoms with E-state index >= 15 is 0 Å². The third-order valence-corrected chi connectivity index (χ3v) is 1.48. The lowest BCUT2D eigenvalue weighted by Crippen LogP contribution is -1.93. The average molecular weight is 147 g/mol. The minimum atomic E-state index is 0.333. The third-order valence-electron chi connectivity index (χ3n) is 1.48. The maximum atomic E-state index is 8.65. The molecule has 0 radical (unpaired) electrons. The van der Waals surface area contributed by atoms with Crippen LogP contribution in [0.4, 0.5) is 0 Å². The molecule has 0 fully saturated rings. The van der Waals surface area contributed by atoms with Gasteiger partial charge in [-0.05, 0) is 11.5 Å². The Morgan fingerprint density at radius 2 is 1.91 bits per heavy atom. The van der Waals surface area contributed by atoms with Crippen LogP contribution in [0, 0.1) is 17.2 Å². The average Bonchev–Trinajstić information content (AvgIpc) is 1.99. The summed E-state index contributed by atoms with van der Waals surface area (Å²) in [5, 5.41) is 8.65. The molecule has 0 saturated heterocycles. The number of hydrogen-bond acceptors (Lipinski definition) is 1. The van der Waals surface area contributed by atoms with Crippen molar-refractivity contribution in [1.82, 2.24) is 0 Å². The van der Waals surface area contributed by atoms with Crippen LogP contribution in [-0.4, -0.2) is 0 Å². The van der Waals surface area contributed by atoms with Crippen molar-refractivity contribution in [2.24, 2.45) is 5.92 Å². The van der Waals surface area contributed by atoms with Crippen molar-refractivity contribution in [3.8, 4) is 6.07 Å². The molecule has 0 amide bonds. The van der Waals surface area contributed by atoms with E-state index in [2.05, 4.69) is 19.2 Å². The van der Waals surface area contributed by atoms with Gasteiger partial charge in [-0.2, -0.15) is 5.26 Å². The highest BCUT2D eigenvalue weighted by Crippen LogP contribution is 2.15. The molecule has 58 valence electrons. The van der Waals surface area contributed by atoms with Gasteiger partial charge in [0.25, 0.3) is 0 Å². The molecule has 0 unspecified atom stereocenters. The number of allylic oxidation sites excluding steroid dienone is 4. The largest absolute Gasteiger partial charge is 0.192 e. The minimum Gasteiger partial charge on any atom is -0.192 e. The Balaban J connectivity index is 4.96. The first-order valence-electron chi connectivity index (χ1n) is 3.56. The molecule has 1 heteroatoms. The van der Waals surface area contributed by atoms with Crippen LogP contribution in [-0.2, 0) is 0 Å². The summed E-state index contributed by atoms with van der Waals surface area (Å²) in [4.78, 5) is 0. The molecule has 1 nitrogen and oxygen atoms in total. The molecule has 11 heavy (non-hydrogen) atoms. The molecule has 0 aliphatic heterocycles. The second-order valence-corrected chi connectivity index (χ2v) is 2.54. The van der Waals surface area contributed by atoms with Gasteiger partial charge >= 0.3 is 0 Å². The predicted molar refractivity (Wildman–Crippen MR) is 47.9 cm³/mol. The molecule has 0 N–H and O–H groups in total. The molecule has 0 atom stereocenters. The van der Waals surface area contributed by atoms with Gasteiger partial charge in [-0.15, -0.1) is 0 Å². The quantitative estimate of drug-likeness (QED) is 0.445. The summed E-state index contributed by atoms with van der Waals surface area (Å²) in [7, 11) is 0. The van der Waals surface area contributed by atoms with Gasteiger partial charge in [-0.25, -0.2) is 0 Å². The number of rotatable bonds is 3. The topological polar surface area (TPSA) is 23.8 Å². The van der Waals surface area contributed by atoms with Gasteiger partial charge in [0.1, 0.15) is 0 Å². The molecule has 0 spiro atoms. The van der Waals surface area contributed by atoms with Gasteiger partial charge < -0.3 is 0 Å². The molecule has 0 bridgehead atoms. The van der Waals surface area contributed by atoms with Crippen LogP contribution in [0.1, 0.15) is 13.8 Å². The van der Waals surface area contributed by atoms with E-state index in [4.69, 9.17) is 5.26 Å². The van der Waals surface area contributed by atoms with Crippen LogP contribution in [0.3, 0.4) is 0 Å².